The van der Waals surface area contributed by atoms with Gasteiger partial charge in [0, 0.05) is 28.7 Å². The highest BCUT2D eigenvalue weighted by Gasteiger charge is 2.29. The number of nitrogens with zero attached hydrogens (tertiary/aromatic N) is 2. The van der Waals surface area contributed by atoms with Crippen LogP contribution in [0.5, 0.6) is 0 Å². The molecular formula is C22H26ClN3O4. The fourth-order valence-electron chi connectivity index (χ4n) is 2.95. The molecule has 2 aromatic rings. The number of carbonyl (C=O) groups excluding carboxylic acids is 2. The van der Waals surface area contributed by atoms with E-state index in [4.69, 9.17) is 11.6 Å². The largest absolute Gasteiger partial charge is 0.350 e. The summed E-state index contributed by atoms with van der Waals surface area (Å²) in [6.07, 6.45) is -0.183. The highest BCUT2D eigenvalue weighted by Crippen LogP contribution is 2.21. The standard InChI is InChI=1S/C22H26ClN3O4/c1-15(21(28)24-22(2,3)4)25(14-16-9-11-18(23)12-10-16)20(27)13-17-7-5-6-8-19(17)26(29)30/h5-12,15H,13-14H2,1-4H3,(H,24,28)/t15-/m1/s1. The Balaban J connectivity index is 2.32. The summed E-state index contributed by atoms with van der Waals surface area (Å²) in [6.45, 7) is 7.40. The zero-order valence-corrected chi connectivity index (χ0v) is 18.3. The second-order valence-corrected chi connectivity index (χ2v) is 8.56. The Morgan fingerprint density at radius 2 is 1.73 bits per heavy atom. The SMILES string of the molecule is C[C@H](C(=O)NC(C)(C)C)N(Cc1ccc(Cl)cc1)C(=O)Cc1ccccc1[N+](=O)[O-]. The van der Waals surface area contributed by atoms with Crippen LogP contribution in [0.4, 0.5) is 5.69 Å². The second-order valence-electron chi connectivity index (χ2n) is 8.13. The maximum atomic E-state index is 13.2. The summed E-state index contributed by atoms with van der Waals surface area (Å²) in [5.74, 6) is -0.678. The summed E-state index contributed by atoms with van der Waals surface area (Å²) in [6, 6.07) is 12.3. The summed E-state index contributed by atoms with van der Waals surface area (Å²) < 4.78 is 0. The molecule has 2 amide bonds. The molecule has 30 heavy (non-hydrogen) atoms. The van der Waals surface area contributed by atoms with Gasteiger partial charge in [-0.3, -0.25) is 19.7 Å². The number of nitro benzene ring substituents is 1. The molecule has 0 saturated heterocycles. The van der Waals surface area contributed by atoms with Crippen LogP contribution in [-0.4, -0.2) is 33.2 Å². The highest BCUT2D eigenvalue weighted by atomic mass is 35.5. The fraction of sp³-hybridized carbons (Fsp3) is 0.364. The predicted octanol–water partition coefficient (Wildman–Crippen LogP) is 4.12. The van der Waals surface area contributed by atoms with E-state index in [0.29, 0.717) is 10.6 Å². The first-order valence-corrected chi connectivity index (χ1v) is 9.94. The monoisotopic (exact) mass is 431 g/mol. The summed E-state index contributed by atoms with van der Waals surface area (Å²) in [5, 5.41) is 14.7. The van der Waals surface area contributed by atoms with Crippen molar-refractivity contribution in [3.05, 3.63) is 74.8 Å². The third kappa shape index (κ3) is 6.56. The van der Waals surface area contributed by atoms with E-state index >= 15 is 0 Å². The van der Waals surface area contributed by atoms with Gasteiger partial charge in [-0.05, 0) is 45.4 Å². The van der Waals surface area contributed by atoms with Crippen LogP contribution in [0.3, 0.4) is 0 Å². The lowest BCUT2D eigenvalue weighted by Crippen LogP contribution is -2.52. The molecular weight excluding hydrogens is 406 g/mol. The minimum atomic E-state index is -0.768. The Kier molecular flexibility index (Phi) is 7.56. The molecule has 0 aliphatic carbocycles. The van der Waals surface area contributed by atoms with Gasteiger partial charge in [-0.1, -0.05) is 41.9 Å². The van der Waals surface area contributed by atoms with Gasteiger partial charge >= 0.3 is 0 Å². The van der Waals surface area contributed by atoms with Gasteiger partial charge < -0.3 is 10.2 Å². The van der Waals surface area contributed by atoms with Gasteiger partial charge in [-0.2, -0.15) is 0 Å². The molecule has 2 aromatic carbocycles. The van der Waals surface area contributed by atoms with Crippen molar-refractivity contribution < 1.29 is 14.5 Å². The molecule has 0 bridgehead atoms. The Morgan fingerprint density at radius 3 is 2.30 bits per heavy atom. The second kappa shape index (κ2) is 9.71. The molecule has 0 spiro atoms. The average molecular weight is 432 g/mol. The van der Waals surface area contributed by atoms with E-state index in [1.165, 1.54) is 11.0 Å². The van der Waals surface area contributed by atoms with Crippen LogP contribution in [0, 0.1) is 10.1 Å². The summed E-state index contributed by atoms with van der Waals surface area (Å²) in [4.78, 5) is 38.1. The summed E-state index contributed by atoms with van der Waals surface area (Å²) in [5.41, 5.74) is 0.519. The average Bonchev–Trinajstić information content (AvgIpc) is 2.65. The van der Waals surface area contributed by atoms with E-state index in [1.807, 2.05) is 20.8 Å². The quantitative estimate of drug-likeness (QED) is 0.527. The first-order chi connectivity index (χ1) is 14.0. The van der Waals surface area contributed by atoms with E-state index < -0.39 is 16.5 Å². The Bertz CT molecular complexity index is 923. The third-order valence-electron chi connectivity index (χ3n) is 4.46. The molecule has 1 N–H and O–H groups in total. The van der Waals surface area contributed by atoms with Crippen molar-refractivity contribution in [2.75, 3.05) is 0 Å². The maximum Gasteiger partial charge on any atom is 0.273 e. The number of hydrogen-bond acceptors (Lipinski definition) is 4. The third-order valence-corrected chi connectivity index (χ3v) is 4.71. The molecule has 0 aliphatic rings. The number of rotatable bonds is 7. The van der Waals surface area contributed by atoms with Crippen LogP contribution in [0.15, 0.2) is 48.5 Å². The molecule has 8 heteroatoms. The van der Waals surface area contributed by atoms with Crippen molar-refractivity contribution in [1.29, 1.82) is 0 Å². The molecule has 0 aromatic heterocycles. The van der Waals surface area contributed by atoms with E-state index in [2.05, 4.69) is 5.32 Å². The lowest BCUT2D eigenvalue weighted by atomic mass is 10.1. The fourth-order valence-corrected chi connectivity index (χ4v) is 3.07. The molecule has 0 aliphatic heterocycles. The number of nitro groups is 1. The van der Waals surface area contributed by atoms with Crippen molar-refractivity contribution in [2.45, 2.75) is 52.2 Å². The number of carbonyl (C=O) groups is 2. The number of halogens is 1. The van der Waals surface area contributed by atoms with Crippen LogP contribution in [-0.2, 0) is 22.6 Å². The minimum absolute atomic E-state index is 0.121. The molecule has 0 fully saturated rings. The molecule has 0 unspecified atom stereocenters. The minimum Gasteiger partial charge on any atom is -0.350 e. The zero-order valence-electron chi connectivity index (χ0n) is 17.5. The Morgan fingerprint density at radius 1 is 1.13 bits per heavy atom. The van der Waals surface area contributed by atoms with Gasteiger partial charge in [0.05, 0.1) is 11.3 Å². The van der Waals surface area contributed by atoms with Crippen molar-refractivity contribution in [2.24, 2.45) is 0 Å². The Labute approximate surface area is 181 Å². The first-order valence-electron chi connectivity index (χ1n) is 9.56. The van der Waals surface area contributed by atoms with Gasteiger partial charge in [0.2, 0.25) is 11.8 Å². The van der Waals surface area contributed by atoms with Gasteiger partial charge in [-0.25, -0.2) is 0 Å². The lowest BCUT2D eigenvalue weighted by Gasteiger charge is -2.31. The van der Waals surface area contributed by atoms with Gasteiger partial charge in [0.15, 0.2) is 0 Å². The summed E-state index contributed by atoms with van der Waals surface area (Å²) in [7, 11) is 0. The van der Waals surface area contributed by atoms with Gasteiger partial charge in [-0.15, -0.1) is 0 Å². The molecule has 160 valence electrons. The number of nitrogens with one attached hydrogen (secondary N) is 1. The van der Waals surface area contributed by atoms with Crippen LogP contribution in [0.2, 0.25) is 5.02 Å². The Hall–Kier alpha value is -2.93. The van der Waals surface area contributed by atoms with Crippen LogP contribution in [0.25, 0.3) is 0 Å². The summed E-state index contributed by atoms with van der Waals surface area (Å²) >= 11 is 5.94. The predicted molar refractivity (Wildman–Crippen MR) is 116 cm³/mol. The molecule has 0 saturated carbocycles. The highest BCUT2D eigenvalue weighted by molar-refractivity contribution is 6.30. The number of hydrogen-bond donors (Lipinski definition) is 1. The van der Waals surface area contributed by atoms with Gasteiger partial charge in [0.1, 0.15) is 6.04 Å². The van der Waals surface area contributed by atoms with Crippen molar-refractivity contribution in [3.8, 4) is 0 Å². The van der Waals surface area contributed by atoms with Crippen molar-refractivity contribution in [1.82, 2.24) is 10.2 Å². The van der Waals surface area contributed by atoms with Crippen LogP contribution < -0.4 is 5.32 Å². The zero-order chi connectivity index (χ0) is 22.5. The molecule has 2 rings (SSSR count). The smallest absolute Gasteiger partial charge is 0.273 e. The number of benzene rings is 2. The van der Waals surface area contributed by atoms with E-state index in [0.717, 1.165) is 5.56 Å². The lowest BCUT2D eigenvalue weighted by molar-refractivity contribution is -0.385. The topological polar surface area (TPSA) is 92.6 Å². The van der Waals surface area contributed by atoms with E-state index in [1.54, 1.807) is 49.4 Å². The van der Waals surface area contributed by atoms with Crippen molar-refractivity contribution in [3.63, 3.8) is 0 Å². The van der Waals surface area contributed by atoms with E-state index in [-0.39, 0.29) is 30.5 Å². The van der Waals surface area contributed by atoms with Crippen LogP contribution >= 0.6 is 11.6 Å². The first kappa shape index (κ1) is 23.3. The number of para-hydroxylation sites is 1. The number of amides is 2. The van der Waals surface area contributed by atoms with Crippen molar-refractivity contribution >= 4 is 29.1 Å². The molecule has 1 atom stereocenters. The molecule has 7 nitrogen and oxygen atoms in total. The normalized spacial score (nSPS) is 12.2. The molecule has 0 radical (unpaired) electrons. The van der Waals surface area contributed by atoms with Crippen LogP contribution in [0.1, 0.15) is 38.8 Å². The van der Waals surface area contributed by atoms with E-state index in [9.17, 15) is 19.7 Å². The molecule has 0 heterocycles. The maximum absolute atomic E-state index is 13.2. The van der Waals surface area contributed by atoms with Gasteiger partial charge in [0.25, 0.3) is 5.69 Å².